The van der Waals surface area contributed by atoms with Crippen LogP contribution in [0.4, 0.5) is 0 Å². The summed E-state index contributed by atoms with van der Waals surface area (Å²) in [6.45, 7) is 4.51. The molecule has 0 spiro atoms. The highest BCUT2D eigenvalue weighted by Crippen LogP contribution is 2.17. The third-order valence-electron chi connectivity index (χ3n) is 2.82. The number of ketones is 1. The van der Waals surface area contributed by atoms with Crippen LogP contribution in [0.1, 0.15) is 28.4 Å². The summed E-state index contributed by atoms with van der Waals surface area (Å²) in [6, 6.07) is 14.9. The van der Waals surface area contributed by atoms with Crippen molar-refractivity contribution in [2.75, 3.05) is 6.61 Å². The summed E-state index contributed by atoms with van der Waals surface area (Å²) in [5.74, 6) is 0.843. The Hall–Kier alpha value is -2.09. The number of carbonyl (C=O) groups is 1. The molecule has 2 aromatic rings. The van der Waals surface area contributed by atoms with E-state index in [9.17, 15) is 4.79 Å². The van der Waals surface area contributed by atoms with Gasteiger partial charge in [0.2, 0.25) is 0 Å². The third-order valence-corrected chi connectivity index (χ3v) is 2.82. The van der Waals surface area contributed by atoms with Gasteiger partial charge in [-0.3, -0.25) is 4.79 Å². The van der Waals surface area contributed by atoms with Gasteiger partial charge < -0.3 is 4.74 Å². The van der Waals surface area contributed by atoms with Gasteiger partial charge in [-0.05, 0) is 43.7 Å². The second-order valence-corrected chi connectivity index (χ2v) is 4.10. The lowest BCUT2D eigenvalue weighted by atomic mass is 9.99. The molecular formula is C16H16O2. The van der Waals surface area contributed by atoms with Crippen LogP contribution in [-0.4, -0.2) is 12.4 Å². The van der Waals surface area contributed by atoms with Crippen LogP contribution in [0.5, 0.6) is 5.75 Å². The molecule has 0 radical (unpaired) electrons. The molecule has 2 aromatic carbocycles. The molecule has 2 heteroatoms. The first-order valence-corrected chi connectivity index (χ1v) is 6.05. The van der Waals surface area contributed by atoms with Gasteiger partial charge in [-0.25, -0.2) is 0 Å². The van der Waals surface area contributed by atoms with Gasteiger partial charge >= 0.3 is 0 Å². The van der Waals surface area contributed by atoms with E-state index in [1.807, 2.05) is 50.2 Å². The summed E-state index contributed by atoms with van der Waals surface area (Å²) < 4.78 is 5.36. The number of carbonyl (C=O) groups excluding carboxylic acids is 1. The number of hydrogen-bond acceptors (Lipinski definition) is 2. The highest BCUT2D eigenvalue weighted by molar-refractivity contribution is 6.09. The van der Waals surface area contributed by atoms with Crippen LogP contribution in [0, 0.1) is 6.92 Å². The van der Waals surface area contributed by atoms with Gasteiger partial charge in [-0.15, -0.1) is 0 Å². The van der Waals surface area contributed by atoms with E-state index in [4.69, 9.17) is 4.74 Å². The maximum absolute atomic E-state index is 12.3. The van der Waals surface area contributed by atoms with Crippen molar-refractivity contribution in [2.24, 2.45) is 0 Å². The van der Waals surface area contributed by atoms with E-state index in [0.717, 1.165) is 16.9 Å². The Kier molecular flexibility index (Phi) is 3.78. The van der Waals surface area contributed by atoms with Gasteiger partial charge in [0.25, 0.3) is 0 Å². The van der Waals surface area contributed by atoms with Gasteiger partial charge in [0.05, 0.1) is 6.61 Å². The highest BCUT2D eigenvalue weighted by Gasteiger charge is 2.10. The first-order chi connectivity index (χ1) is 8.72. The maximum Gasteiger partial charge on any atom is 0.193 e. The van der Waals surface area contributed by atoms with E-state index in [-0.39, 0.29) is 5.78 Å². The molecule has 0 saturated carbocycles. The fraction of sp³-hybridized carbons (Fsp3) is 0.188. The van der Waals surface area contributed by atoms with E-state index in [1.165, 1.54) is 0 Å². The van der Waals surface area contributed by atoms with Crippen LogP contribution < -0.4 is 4.74 Å². The topological polar surface area (TPSA) is 26.3 Å². The van der Waals surface area contributed by atoms with Crippen molar-refractivity contribution >= 4 is 5.78 Å². The molecule has 0 fully saturated rings. The SMILES string of the molecule is CCOc1ccc(C(=O)c2ccccc2C)cc1. The second kappa shape index (κ2) is 5.50. The number of ether oxygens (including phenoxy) is 1. The minimum Gasteiger partial charge on any atom is -0.494 e. The van der Waals surface area contributed by atoms with Crippen molar-refractivity contribution in [2.45, 2.75) is 13.8 Å². The Balaban J connectivity index is 2.27. The second-order valence-electron chi connectivity index (χ2n) is 4.10. The molecule has 0 saturated heterocycles. The van der Waals surface area contributed by atoms with Gasteiger partial charge in [-0.1, -0.05) is 24.3 Å². The minimum atomic E-state index is 0.0520. The van der Waals surface area contributed by atoms with E-state index >= 15 is 0 Å². The molecule has 0 atom stereocenters. The monoisotopic (exact) mass is 240 g/mol. The zero-order valence-electron chi connectivity index (χ0n) is 10.6. The lowest BCUT2D eigenvalue weighted by molar-refractivity contribution is 0.103. The Morgan fingerprint density at radius 3 is 2.33 bits per heavy atom. The van der Waals surface area contributed by atoms with Crippen LogP contribution in [-0.2, 0) is 0 Å². The van der Waals surface area contributed by atoms with E-state index in [1.54, 1.807) is 12.1 Å². The summed E-state index contributed by atoms with van der Waals surface area (Å²) in [4.78, 5) is 12.3. The average Bonchev–Trinajstić information content (AvgIpc) is 2.40. The molecule has 2 nitrogen and oxygen atoms in total. The fourth-order valence-electron chi connectivity index (χ4n) is 1.85. The Bertz CT molecular complexity index is 541. The fourth-order valence-corrected chi connectivity index (χ4v) is 1.85. The summed E-state index contributed by atoms with van der Waals surface area (Å²) in [6.07, 6.45) is 0. The Morgan fingerprint density at radius 1 is 1.06 bits per heavy atom. The zero-order valence-corrected chi connectivity index (χ0v) is 10.6. The number of benzene rings is 2. The first-order valence-electron chi connectivity index (χ1n) is 6.05. The van der Waals surface area contributed by atoms with E-state index in [0.29, 0.717) is 12.2 Å². The molecule has 0 N–H and O–H groups in total. The van der Waals surface area contributed by atoms with Gasteiger partial charge in [0.15, 0.2) is 5.78 Å². The first kappa shape index (κ1) is 12.4. The van der Waals surface area contributed by atoms with Crippen molar-refractivity contribution < 1.29 is 9.53 Å². The van der Waals surface area contributed by atoms with Crippen molar-refractivity contribution in [3.05, 3.63) is 65.2 Å². The standard InChI is InChI=1S/C16H16O2/c1-3-18-14-10-8-13(9-11-14)16(17)15-7-5-4-6-12(15)2/h4-11H,3H2,1-2H3. The smallest absolute Gasteiger partial charge is 0.193 e. The molecule has 0 aliphatic carbocycles. The van der Waals surface area contributed by atoms with Crippen LogP contribution in [0.25, 0.3) is 0 Å². The highest BCUT2D eigenvalue weighted by atomic mass is 16.5. The molecular weight excluding hydrogens is 224 g/mol. The van der Waals surface area contributed by atoms with Crippen LogP contribution in [0.15, 0.2) is 48.5 Å². The number of rotatable bonds is 4. The molecule has 0 amide bonds. The summed E-state index contributed by atoms with van der Waals surface area (Å²) in [7, 11) is 0. The predicted molar refractivity (Wildman–Crippen MR) is 72.2 cm³/mol. The van der Waals surface area contributed by atoms with Crippen molar-refractivity contribution in [1.82, 2.24) is 0 Å². The molecule has 0 unspecified atom stereocenters. The summed E-state index contributed by atoms with van der Waals surface area (Å²) in [5, 5.41) is 0. The Labute approximate surface area is 107 Å². The van der Waals surface area contributed by atoms with Crippen LogP contribution in [0.2, 0.25) is 0 Å². The zero-order chi connectivity index (χ0) is 13.0. The molecule has 0 aromatic heterocycles. The summed E-state index contributed by atoms with van der Waals surface area (Å²) >= 11 is 0. The largest absolute Gasteiger partial charge is 0.494 e. The minimum absolute atomic E-state index is 0.0520. The van der Waals surface area contributed by atoms with Gasteiger partial charge in [0, 0.05) is 11.1 Å². The van der Waals surface area contributed by atoms with E-state index < -0.39 is 0 Å². The predicted octanol–water partition coefficient (Wildman–Crippen LogP) is 3.62. The molecule has 2 rings (SSSR count). The Morgan fingerprint density at radius 2 is 1.72 bits per heavy atom. The lowest BCUT2D eigenvalue weighted by Gasteiger charge is -2.06. The lowest BCUT2D eigenvalue weighted by Crippen LogP contribution is -2.03. The maximum atomic E-state index is 12.3. The van der Waals surface area contributed by atoms with Gasteiger partial charge in [-0.2, -0.15) is 0 Å². The average molecular weight is 240 g/mol. The van der Waals surface area contributed by atoms with Crippen LogP contribution in [0.3, 0.4) is 0 Å². The number of hydrogen-bond donors (Lipinski definition) is 0. The molecule has 0 aliphatic rings. The van der Waals surface area contributed by atoms with Crippen molar-refractivity contribution in [3.63, 3.8) is 0 Å². The normalized spacial score (nSPS) is 10.1. The molecule has 18 heavy (non-hydrogen) atoms. The van der Waals surface area contributed by atoms with Crippen molar-refractivity contribution in [1.29, 1.82) is 0 Å². The third kappa shape index (κ3) is 2.59. The molecule has 0 aliphatic heterocycles. The summed E-state index contributed by atoms with van der Waals surface area (Å²) in [5.41, 5.74) is 2.44. The molecule has 0 bridgehead atoms. The molecule has 0 heterocycles. The number of aryl methyl sites for hydroxylation is 1. The van der Waals surface area contributed by atoms with E-state index in [2.05, 4.69) is 0 Å². The van der Waals surface area contributed by atoms with Crippen molar-refractivity contribution in [3.8, 4) is 5.75 Å². The van der Waals surface area contributed by atoms with Crippen LogP contribution >= 0.6 is 0 Å². The van der Waals surface area contributed by atoms with Gasteiger partial charge in [0.1, 0.15) is 5.75 Å². The quantitative estimate of drug-likeness (QED) is 0.763. The molecule has 92 valence electrons.